The number of halogens is 2. The van der Waals surface area contributed by atoms with Crippen LogP contribution in [0, 0.1) is 11.6 Å². The summed E-state index contributed by atoms with van der Waals surface area (Å²) in [6.45, 7) is 0. The van der Waals surface area contributed by atoms with Crippen LogP contribution >= 0.6 is 0 Å². The SMILES string of the molecule is COc1c(F)cc(F)cc1-c1cnn2cccnc12. The molecule has 3 aromatic rings. The van der Waals surface area contributed by atoms with Gasteiger partial charge in [0.05, 0.1) is 18.9 Å². The minimum absolute atomic E-state index is 0.0260. The largest absolute Gasteiger partial charge is 0.493 e. The molecule has 4 nitrogen and oxygen atoms in total. The number of fused-ring (bicyclic) bond motifs is 1. The molecule has 3 rings (SSSR count). The van der Waals surface area contributed by atoms with Gasteiger partial charge in [0, 0.05) is 24.0 Å². The molecule has 96 valence electrons. The molecule has 0 fully saturated rings. The summed E-state index contributed by atoms with van der Waals surface area (Å²) in [6, 6.07) is 3.70. The van der Waals surface area contributed by atoms with E-state index in [0.717, 1.165) is 6.07 Å². The van der Waals surface area contributed by atoms with E-state index >= 15 is 0 Å². The fourth-order valence-electron chi connectivity index (χ4n) is 1.99. The van der Waals surface area contributed by atoms with Crippen LogP contribution in [0.4, 0.5) is 8.78 Å². The zero-order valence-electron chi connectivity index (χ0n) is 9.97. The van der Waals surface area contributed by atoms with Gasteiger partial charge in [-0.15, -0.1) is 0 Å². The van der Waals surface area contributed by atoms with Crippen molar-refractivity contribution in [1.82, 2.24) is 14.6 Å². The molecule has 1 aromatic carbocycles. The summed E-state index contributed by atoms with van der Waals surface area (Å²) in [5, 5.41) is 4.08. The normalized spacial score (nSPS) is 10.9. The molecule has 2 aromatic heterocycles. The van der Waals surface area contributed by atoms with Crippen LogP contribution in [-0.4, -0.2) is 21.7 Å². The average molecular weight is 261 g/mol. The van der Waals surface area contributed by atoms with Crippen molar-refractivity contribution in [1.29, 1.82) is 0 Å². The van der Waals surface area contributed by atoms with Gasteiger partial charge >= 0.3 is 0 Å². The number of ether oxygens (including phenoxy) is 1. The Kier molecular flexibility index (Phi) is 2.63. The fourth-order valence-corrected chi connectivity index (χ4v) is 1.99. The average Bonchev–Trinajstić information content (AvgIpc) is 2.81. The lowest BCUT2D eigenvalue weighted by molar-refractivity contribution is 0.386. The number of rotatable bonds is 2. The Labute approximate surface area is 107 Å². The van der Waals surface area contributed by atoms with Crippen LogP contribution < -0.4 is 4.74 Å². The van der Waals surface area contributed by atoms with Crippen molar-refractivity contribution in [2.75, 3.05) is 7.11 Å². The Bertz CT molecular complexity index is 755. The molecule has 0 aliphatic rings. The number of benzene rings is 1. The van der Waals surface area contributed by atoms with Crippen molar-refractivity contribution in [3.63, 3.8) is 0 Å². The summed E-state index contributed by atoms with van der Waals surface area (Å²) in [5.41, 5.74) is 1.30. The highest BCUT2D eigenvalue weighted by molar-refractivity contribution is 5.81. The van der Waals surface area contributed by atoms with Crippen LogP contribution in [0.5, 0.6) is 5.75 Å². The molecule has 0 aliphatic carbocycles. The molecule has 6 heteroatoms. The number of methoxy groups -OCH3 is 1. The molecule has 0 atom stereocenters. The van der Waals surface area contributed by atoms with Gasteiger partial charge in [0.2, 0.25) is 0 Å². The number of nitrogens with zero attached hydrogens (tertiary/aromatic N) is 3. The van der Waals surface area contributed by atoms with E-state index < -0.39 is 11.6 Å². The maximum absolute atomic E-state index is 13.7. The van der Waals surface area contributed by atoms with Gasteiger partial charge in [0.15, 0.2) is 17.2 Å². The lowest BCUT2D eigenvalue weighted by Crippen LogP contribution is -1.94. The van der Waals surface area contributed by atoms with Crippen molar-refractivity contribution >= 4 is 5.65 Å². The predicted molar refractivity (Wildman–Crippen MR) is 64.9 cm³/mol. The highest BCUT2D eigenvalue weighted by atomic mass is 19.1. The van der Waals surface area contributed by atoms with E-state index in [-0.39, 0.29) is 11.3 Å². The summed E-state index contributed by atoms with van der Waals surface area (Å²) >= 11 is 0. The van der Waals surface area contributed by atoms with Crippen LogP contribution in [0.25, 0.3) is 16.8 Å². The molecule has 0 radical (unpaired) electrons. The highest BCUT2D eigenvalue weighted by Crippen LogP contribution is 2.34. The summed E-state index contributed by atoms with van der Waals surface area (Å²) in [7, 11) is 1.33. The Morgan fingerprint density at radius 1 is 1.21 bits per heavy atom. The molecule has 19 heavy (non-hydrogen) atoms. The number of aromatic nitrogens is 3. The van der Waals surface area contributed by atoms with Gasteiger partial charge in [-0.3, -0.25) is 0 Å². The Morgan fingerprint density at radius 3 is 2.84 bits per heavy atom. The maximum atomic E-state index is 13.7. The fraction of sp³-hybridized carbons (Fsp3) is 0.0769. The minimum atomic E-state index is -0.757. The van der Waals surface area contributed by atoms with E-state index in [0.29, 0.717) is 11.2 Å². The molecular formula is C13H9F2N3O. The molecule has 0 saturated carbocycles. The van der Waals surface area contributed by atoms with Crippen LogP contribution in [0.2, 0.25) is 0 Å². The van der Waals surface area contributed by atoms with E-state index in [2.05, 4.69) is 10.1 Å². The monoisotopic (exact) mass is 261 g/mol. The zero-order chi connectivity index (χ0) is 13.4. The van der Waals surface area contributed by atoms with Crippen LogP contribution in [0.15, 0.2) is 36.8 Å². The van der Waals surface area contributed by atoms with Crippen molar-refractivity contribution < 1.29 is 13.5 Å². The Hall–Kier alpha value is -2.50. The summed E-state index contributed by atoms with van der Waals surface area (Å²) < 4.78 is 33.6. The molecular weight excluding hydrogens is 252 g/mol. The summed E-state index contributed by atoms with van der Waals surface area (Å²) in [4.78, 5) is 4.15. The van der Waals surface area contributed by atoms with Crippen molar-refractivity contribution in [2.45, 2.75) is 0 Å². The van der Waals surface area contributed by atoms with E-state index in [4.69, 9.17) is 4.74 Å². The Morgan fingerprint density at radius 2 is 2.05 bits per heavy atom. The molecule has 0 spiro atoms. The van der Waals surface area contributed by atoms with E-state index in [1.807, 2.05) is 0 Å². The smallest absolute Gasteiger partial charge is 0.168 e. The summed E-state index contributed by atoms with van der Waals surface area (Å²) in [6.07, 6.45) is 4.79. The second kappa shape index (κ2) is 4.31. The third-order valence-electron chi connectivity index (χ3n) is 2.78. The van der Waals surface area contributed by atoms with Crippen molar-refractivity contribution in [3.05, 3.63) is 48.4 Å². The quantitative estimate of drug-likeness (QED) is 0.712. The van der Waals surface area contributed by atoms with Crippen molar-refractivity contribution in [2.24, 2.45) is 0 Å². The van der Waals surface area contributed by atoms with Gasteiger partial charge < -0.3 is 4.74 Å². The molecule has 0 amide bonds. The molecule has 0 unspecified atom stereocenters. The van der Waals surface area contributed by atoms with Crippen LogP contribution in [0.3, 0.4) is 0 Å². The third kappa shape index (κ3) is 1.81. The molecule has 0 saturated heterocycles. The lowest BCUT2D eigenvalue weighted by atomic mass is 10.1. The van der Waals surface area contributed by atoms with Gasteiger partial charge in [-0.25, -0.2) is 18.3 Å². The second-order valence-electron chi connectivity index (χ2n) is 3.91. The number of hydrogen-bond acceptors (Lipinski definition) is 3. The molecule has 0 N–H and O–H groups in total. The number of hydrogen-bond donors (Lipinski definition) is 0. The van der Waals surface area contributed by atoms with Gasteiger partial charge in [0.25, 0.3) is 0 Å². The molecule has 0 aliphatic heterocycles. The molecule has 2 heterocycles. The van der Waals surface area contributed by atoms with Gasteiger partial charge in [0.1, 0.15) is 5.82 Å². The summed E-state index contributed by atoms with van der Waals surface area (Å²) in [5.74, 6) is -1.46. The first-order chi connectivity index (χ1) is 9.20. The lowest BCUT2D eigenvalue weighted by Gasteiger charge is -2.08. The minimum Gasteiger partial charge on any atom is -0.493 e. The maximum Gasteiger partial charge on any atom is 0.168 e. The second-order valence-corrected chi connectivity index (χ2v) is 3.91. The van der Waals surface area contributed by atoms with Gasteiger partial charge in [-0.2, -0.15) is 5.10 Å². The topological polar surface area (TPSA) is 39.4 Å². The van der Waals surface area contributed by atoms with Crippen molar-refractivity contribution in [3.8, 4) is 16.9 Å². The highest BCUT2D eigenvalue weighted by Gasteiger charge is 2.17. The van der Waals surface area contributed by atoms with E-state index in [9.17, 15) is 8.78 Å². The molecule has 0 bridgehead atoms. The third-order valence-corrected chi connectivity index (χ3v) is 2.78. The zero-order valence-corrected chi connectivity index (χ0v) is 9.97. The van der Waals surface area contributed by atoms with Crippen LogP contribution in [0.1, 0.15) is 0 Å². The Balaban J connectivity index is 2.32. The first-order valence-corrected chi connectivity index (χ1v) is 5.52. The van der Waals surface area contributed by atoms with Gasteiger partial charge in [-0.1, -0.05) is 0 Å². The van der Waals surface area contributed by atoms with E-state index in [1.165, 1.54) is 23.9 Å². The first kappa shape index (κ1) is 11.6. The standard InChI is InChI=1S/C13H9F2N3O/c1-19-12-9(5-8(14)6-11(12)15)10-7-17-18-4-2-3-16-13(10)18/h2-7H,1H3. The first-order valence-electron chi connectivity index (χ1n) is 5.52. The van der Waals surface area contributed by atoms with E-state index in [1.54, 1.807) is 18.5 Å². The van der Waals surface area contributed by atoms with Gasteiger partial charge in [-0.05, 0) is 12.1 Å². The van der Waals surface area contributed by atoms with Crippen LogP contribution in [-0.2, 0) is 0 Å². The predicted octanol–water partition coefficient (Wildman–Crippen LogP) is 2.68.